The molecule has 0 fully saturated rings. The van der Waals surface area contributed by atoms with Gasteiger partial charge in [-0.25, -0.2) is 8.78 Å². The number of aryl methyl sites for hydroxylation is 1. The number of aliphatic hydroxyl groups excluding tert-OH is 1. The Hall–Kier alpha value is -1.22. The smallest absolute Gasteiger partial charge is 0.133 e. The summed E-state index contributed by atoms with van der Waals surface area (Å²) in [6, 6.07) is 2.50. The Balaban J connectivity index is 3.13. The highest BCUT2D eigenvalue weighted by Crippen LogP contribution is 2.16. The summed E-state index contributed by atoms with van der Waals surface area (Å²) >= 11 is 0. The molecule has 0 spiro atoms. The van der Waals surface area contributed by atoms with Gasteiger partial charge in [-0.2, -0.15) is 0 Å². The molecule has 0 saturated heterocycles. The lowest BCUT2D eigenvalue weighted by molar-refractivity contribution is 0.343. The van der Waals surface area contributed by atoms with Gasteiger partial charge >= 0.3 is 0 Å². The van der Waals surface area contributed by atoms with E-state index in [2.05, 4.69) is 0 Å². The molecule has 1 rings (SSSR count). The average Bonchev–Trinajstić information content (AvgIpc) is 2.02. The number of aliphatic hydroxyl groups is 1. The molecule has 0 unspecified atom stereocenters. The van der Waals surface area contributed by atoms with Crippen LogP contribution in [0.3, 0.4) is 0 Å². The maximum Gasteiger partial charge on any atom is 0.133 e. The Morgan fingerprint density at radius 2 is 1.85 bits per heavy atom. The van der Waals surface area contributed by atoms with Crippen LogP contribution in [0.2, 0.25) is 0 Å². The number of benzene rings is 1. The van der Waals surface area contributed by atoms with Crippen molar-refractivity contribution >= 4 is 6.08 Å². The lowest BCUT2D eigenvalue weighted by Crippen LogP contribution is -1.90. The molecule has 0 bridgehead atoms. The molecule has 0 saturated carbocycles. The number of hydrogen-bond acceptors (Lipinski definition) is 1. The van der Waals surface area contributed by atoms with Crippen LogP contribution in [0, 0.1) is 18.6 Å². The molecule has 0 radical (unpaired) electrons. The molecule has 1 N–H and O–H groups in total. The van der Waals surface area contributed by atoms with Gasteiger partial charge in [0.1, 0.15) is 11.6 Å². The van der Waals surface area contributed by atoms with Crippen LogP contribution in [0.5, 0.6) is 0 Å². The zero-order chi connectivity index (χ0) is 9.84. The van der Waals surface area contributed by atoms with E-state index in [9.17, 15) is 8.78 Å². The van der Waals surface area contributed by atoms with Crippen LogP contribution in [0.15, 0.2) is 18.2 Å². The Morgan fingerprint density at radius 1 is 1.31 bits per heavy atom. The predicted octanol–water partition coefficient (Wildman–Crippen LogP) is 2.28. The van der Waals surface area contributed by atoms with Crippen LogP contribution in [-0.2, 0) is 0 Å². The van der Waals surface area contributed by atoms with E-state index in [-0.39, 0.29) is 12.2 Å². The summed E-state index contributed by atoms with van der Waals surface area (Å²) in [6.07, 6.45) is 2.51. The van der Waals surface area contributed by atoms with E-state index in [0.717, 1.165) is 0 Å². The average molecular weight is 184 g/mol. The maximum absolute atomic E-state index is 13.1. The molecule has 13 heavy (non-hydrogen) atoms. The van der Waals surface area contributed by atoms with Gasteiger partial charge in [-0.05, 0) is 24.6 Å². The second-order valence-electron chi connectivity index (χ2n) is 2.73. The van der Waals surface area contributed by atoms with Gasteiger partial charge in [0, 0.05) is 5.56 Å². The van der Waals surface area contributed by atoms with Gasteiger partial charge in [0.25, 0.3) is 0 Å². The Kier molecular flexibility index (Phi) is 3.14. The van der Waals surface area contributed by atoms with Crippen molar-refractivity contribution in [3.8, 4) is 0 Å². The molecular formula is C10H10F2O. The molecule has 1 aromatic carbocycles. The fraction of sp³-hybridized carbons (Fsp3) is 0.200. The lowest BCUT2D eigenvalue weighted by Gasteiger charge is -2.00. The molecule has 0 aliphatic carbocycles. The molecular weight excluding hydrogens is 174 g/mol. The van der Waals surface area contributed by atoms with Crippen molar-refractivity contribution in [2.75, 3.05) is 6.61 Å². The van der Waals surface area contributed by atoms with Crippen LogP contribution < -0.4 is 0 Å². The fourth-order valence-corrected chi connectivity index (χ4v) is 1.04. The van der Waals surface area contributed by atoms with Crippen molar-refractivity contribution in [2.45, 2.75) is 6.92 Å². The first-order chi connectivity index (χ1) is 6.15. The van der Waals surface area contributed by atoms with Gasteiger partial charge in [-0.1, -0.05) is 12.2 Å². The van der Waals surface area contributed by atoms with Crippen molar-refractivity contribution in [1.82, 2.24) is 0 Å². The highest BCUT2D eigenvalue weighted by molar-refractivity contribution is 5.51. The zero-order valence-electron chi connectivity index (χ0n) is 7.22. The number of halogens is 2. The molecule has 0 aliphatic heterocycles. The zero-order valence-corrected chi connectivity index (χ0v) is 7.22. The standard InChI is InChI=1S/C10H10F2O/c1-7-5-9(11)8(3-2-4-13)10(12)6-7/h2-3,5-6,13H,4H2,1H3/b3-2+. The topological polar surface area (TPSA) is 20.2 Å². The van der Waals surface area contributed by atoms with E-state index in [0.29, 0.717) is 5.56 Å². The van der Waals surface area contributed by atoms with E-state index >= 15 is 0 Å². The van der Waals surface area contributed by atoms with E-state index in [1.807, 2.05) is 0 Å². The highest BCUT2D eigenvalue weighted by atomic mass is 19.1. The summed E-state index contributed by atoms with van der Waals surface area (Å²) in [7, 11) is 0. The summed E-state index contributed by atoms with van der Waals surface area (Å²) in [6.45, 7) is 1.39. The summed E-state index contributed by atoms with van der Waals surface area (Å²) < 4.78 is 26.1. The van der Waals surface area contributed by atoms with Crippen LogP contribution in [0.4, 0.5) is 8.78 Å². The second kappa shape index (κ2) is 4.14. The van der Waals surface area contributed by atoms with Crippen molar-refractivity contribution in [3.63, 3.8) is 0 Å². The minimum Gasteiger partial charge on any atom is -0.392 e. The lowest BCUT2D eigenvalue weighted by atomic mass is 10.1. The van der Waals surface area contributed by atoms with Gasteiger partial charge in [0.15, 0.2) is 0 Å². The first-order valence-corrected chi connectivity index (χ1v) is 3.88. The molecule has 1 nitrogen and oxygen atoms in total. The van der Waals surface area contributed by atoms with E-state index < -0.39 is 11.6 Å². The summed E-state index contributed by atoms with van der Waals surface area (Å²) in [5.74, 6) is -1.22. The Morgan fingerprint density at radius 3 is 2.31 bits per heavy atom. The first-order valence-electron chi connectivity index (χ1n) is 3.88. The van der Waals surface area contributed by atoms with Crippen LogP contribution in [0.1, 0.15) is 11.1 Å². The third kappa shape index (κ3) is 2.36. The van der Waals surface area contributed by atoms with Crippen LogP contribution in [0.25, 0.3) is 6.08 Å². The highest BCUT2D eigenvalue weighted by Gasteiger charge is 2.05. The van der Waals surface area contributed by atoms with E-state index in [1.54, 1.807) is 6.92 Å². The second-order valence-corrected chi connectivity index (χ2v) is 2.73. The normalized spacial score (nSPS) is 11.1. The maximum atomic E-state index is 13.1. The van der Waals surface area contributed by atoms with Crippen LogP contribution in [-0.4, -0.2) is 11.7 Å². The molecule has 0 aliphatic rings. The number of hydrogen-bond donors (Lipinski definition) is 1. The third-order valence-corrected chi connectivity index (χ3v) is 1.61. The van der Waals surface area contributed by atoms with Gasteiger partial charge in [0.2, 0.25) is 0 Å². The summed E-state index contributed by atoms with van der Waals surface area (Å²) in [5.41, 5.74) is 0.427. The minimum atomic E-state index is -0.609. The molecule has 0 aromatic heterocycles. The summed E-state index contributed by atoms with van der Waals surface area (Å²) in [4.78, 5) is 0. The SMILES string of the molecule is Cc1cc(F)c(/C=C/CO)c(F)c1. The van der Waals surface area contributed by atoms with Gasteiger partial charge < -0.3 is 5.11 Å². The summed E-state index contributed by atoms with van der Waals surface area (Å²) in [5, 5.41) is 8.43. The van der Waals surface area contributed by atoms with E-state index in [4.69, 9.17) is 5.11 Å². The Labute approximate surface area is 75.3 Å². The monoisotopic (exact) mass is 184 g/mol. The quantitative estimate of drug-likeness (QED) is 0.747. The molecule has 0 heterocycles. The van der Waals surface area contributed by atoms with E-state index in [1.165, 1.54) is 24.3 Å². The van der Waals surface area contributed by atoms with Crippen molar-refractivity contribution in [1.29, 1.82) is 0 Å². The Bertz CT molecular complexity index is 309. The van der Waals surface area contributed by atoms with Gasteiger partial charge in [-0.15, -0.1) is 0 Å². The van der Waals surface area contributed by atoms with Gasteiger partial charge in [-0.3, -0.25) is 0 Å². The third-order valence-electron chi connectivity index (χ3n) is 1.61. The van der Waals surface area contributed by atoms with Crippen LogP contribution >= 0.6 is 0 Å². The fourth-order valence-electron chi connectivity index (χ4n) is 1.04. The van der Waals surface area contributed by atoms with Crippen molar-refractivity contribution in [2.24, 2.45) is 0 Å². The minimum absolute atomic E-state index is 0.111. The molecule has 0 amide bonds. The predicted molar refractivity (Wildman–Crippen MR) is 47.2 cm³/mol. The van der Waals surface area contributed by atoms with Crippen molar-refractivity contribution < 1.29 is 13.9 Å². The van der Waals surface area contributed by atoms with Gasteiger partial charge in [0.05, 0.1) is 6.61 Å². The number of rotatable bonds is 2. The molecule has 1 aromatic rings. The largest absolute Gasteiger partial charge is 0.392 e. The van der Waals surface area contributed by atoms with Crippen molar-refractivity contribution in [3.05, 3.63) is 41.0 Å². The molecule has 0 atom stereocenters. The first kappa shape index (κ1) is 9.86. The molecule has 70 valence electrons. The molecule has 3 heteroatoms.